The Hall–Kier alpha value is 0. The van der Waals surface area contributed by atoms with Crippen LogP contribution in [-0.4, -0.2) is 0 Å². The zero-order valence-electron chi connectivity index (χ0n) is 36.3. The Balaban J connectivity index is 4.87. The molecule has 0 rings (SSSR count). The Labute approximate surface area is 321 Å². The van der Waals surface area contributed by atoms with E-state index in [1.165, 1.54) is 263 Å². The standard InChI is InChI=1S/C50H102/c1-5-9-13-17-21-25-29-33-37-41-45-49-50(46-42-38-34-30-26-22-18-14-10-6-2,47-43-39-35-31-27-23-19-15-11-7-3)48-44-40-36-32-28-24-20-16-12-8-4/h5-49H2,1-4H3. The van der Waals surface area contributed by atoms with Crippen LogP contribution < -0.4 is 0 Å². The average Bonchev–Trinajstić information content (AvgIpc) is 3.13. The molecule has 0 fully saturated rings. The zero-order valence-corrected chi connectivity index (χ0v) is 36.3. The van der Waals surface area contributed by atoms with Crippen LogP contribution in [0.2, 0.25) is 0 Å². The molecule has 50 heavy (non-hydrogen) atoms. The molecule has 0 nitrogen and oxygen atoms in total. The molecule has 0 aliphatic rings. The fraction of sp³-hybridized carbons (Fsp3) is 1.00. The van der Waals surface area contributed by atoms with E-state index in [-0.39, 0.29) is 0 Å². The minimum absolute atomic E-state index is 0.666. The Morgan fingerprint density at radius 2 is 0.280 bits per heavy atom. The van der Waals surface area contributed by atoms with Gasteiger partial charge in [-0.3, -0.25) is 0 Å². The highest BCUT2D eigenvalue weighted by Gasteiger charge is 2.28. The maximum absolute atomic E-state index is 2.34. The predicted octanol–water partition coefficient (Wildman–Crippen LogP) is 19.6. The molecule has 0 aromatic rings. The van der Waals surface area contributed by atoms with Crippen LogP contribution in [0.15, 0.2) is 0 Å². The molecule has 0 heterocycles. The normalized spacial score (nSPS) is 12.0. The van der Waals surface area contributed by atoms with Gasteiger partial charge in [-0.1, -0.05) is 291 Å². The maximum atomic E-state index is 2.34. The van der Waals surface area contributed by atoms with Gasteiger partial charge in [0.2, 0.25) is 0 Å². The van der Waals surface area contributed by atoms with Gasteiger partial charge in [-0.2, -0.15) is 0 Å². The largest absolute Gasteiger partial charge is 0.0654 e. The fourth-order valence-corrected chi connectivity index (χ4v) is 8.88. The Morgan fingerprint density at radius 3 is 0.420 bits per heavy atom. The summed E-state index contributed by atoms with van der Waals surface area (Å²) < 4.78 is 0. The SMILES string of the molecule is CCCCCCCCCCCCCC(CCCCCCCCCCCC)(CCCCCCCCCCCC)CCCCCCCCCCCC. The zero-order chi connectivity index (χ0) is 36.3. The fourth-order valence-electron chi connectivity index (χ4n) is 8.88. The number of hydrogen-bond acceptors (Lipinski definition) is 0. The van der Waals surface area contributed by atoms with E-state index in [0.29, 0.717) is 5.41 Å². The number of unbranched alkanes of at least 4 members (excludes halogenated alkanes) is 37. The molecule has 0 radical (unpaired) electrons. The summed E-state index contributed by atoms with van der Waals surface area (Å²) in [5, 5.41) is 0. The van der Waals surface area contributed by atoms with E-state index in [0.717, 1.165) is 0 Å². The minimum atomic E-state index is 0.666. The van der Waals surface area contributed by atoms with Gasteiger partial charge in [0, 0.05) is 0 Å². The first-order chi connectivity index (χ1) is 24.7. The molecule has 0 aromatic carbocycles. The Morgan fingerprint density at radius 1 is 0.160 bits per heavy atom. The van der Waals surface area contributed by atoms with Crippen molar-refractivity contribution in [3.8, 4) is 0 Å². The second-order valence-electron chi connectivity index (χ2n) is 17.6. The van der Waals surface area contributed by atoms with Gasteiger partial charge in [0.15, 0.2) is 0 Å². The third-order valence-corrected chi connectivity index (χ3v) is 12.5. The summed E-state index contributed by atoms with van der Waals surface area (Å²) >= 11 is 0. The lowest BCUT2D eigenvalue weighted by atomic mass is 9.70. The molecule has 0 saturated heterocycles. The predicted molar refractivity (Wildman–Crippen MR) is 233 cm³/mol. The van der Waals surface area contributed by atoms with E-state index in [1.54, 1.807) is 25.7 Å². The lowest BCUT2D eigenvalue weighted by Gasteiger charge is -2.35. The van der Waals surface area contributed by atoms with Gasteiger partial charge >= 0.3 is 0 Å². The van der Waals surface area contributed by atoms with Crippen LogP contribution in [0.25, 0.3) is 0 Å². The summed E-state index contributed by atoms with van der Waals surface area (Å²) in [4.78, 5) is 0. The average molecular weight is 703 g/mol. The highest BCUT2D eigenvalue weighted by molar-refractivity contribution is 4.80. The van der Waals surface area contributed by atoms with Crippen LogP contribution in [0.3, 0.4) is 0 Å². The molecule has 0 saturated carbocycles. The van der Waals surface area contributed by atoms with Gasteiger partial charge < -0.3 is 0 Å². The van der Waals surface area contributed by atoms with Crippen LogP contribution in [0.4, 0.5) is 0 Å². The minimum Gasteiger partial charge on any atom is -0.0654 e. The highest BCUT2D eigenvalue weighted by atomic mass is 14.3. The molecule has 0 aromatic heterocycles. The van der Waals surface area contributed by atoms with Crippen molar-refractivity contribution in [1.29, 1.82) is 0 Å². The van der Waals surface area contributed by atoms with Crippen molar-refractivity contribution in [3.63, 3.8) is 0 Å². The van der Waals surface area contributed by atoms with Crippen LogP contribution >= 0.6 is 0 Å². The second-order valence-corrected chi connectivity index (χ2v) is 17.6. The molecule has 0 N–H and O–H groups in total. The van der Waals surface area contributed by atoms with Crippen molar-refractivity contribution < 1.29 is 0 Å². The van der Waals surface area contributed by atoms with Crippen LogP contribution in [0, 0.1) is 5.41 Å². The molecule has 0 unspecified atom stereocenters. The number of rotatable bonds is 45. The van der Waals surface area contributed by atoms with E-state index >= 15 is 0 Å². The topological polar surface area (TPSA) is 0 Å². The van der Waals surface area contributed by atoms with Crippen molar-refractivity contribution in [3.05, 3.63) is 0 Å². The van der Waals surface area contributed by atoms with Crippen LogP contribution in [0.5, 0.6) is 0 Å². The van der Waals surface area contributed by atoms with Crippen molar-refractivity contribution in [2.24, 2.45) is 5.41 Å². The van der Waals surface area contributed by atoms with Crippen molar-refractivity contribution in [2.45, 2.75) is 317 Å². The third kappa shape index (κ3) is 37.7. The summed E-state index contributed by atoms with van der Waals surface area (Å²) in [6.07, 6.45) is 66.7. The summed E-state index contributed by atoms with van der Waals surface area (Å²) in [6.45, 7) is 9.35. The van der Waals surface area contributed by atoms with Gasteiger partial charge in [0.05, 0.1) is 0 Å². The lowest BCUT2D eigenvalue weighted by Crippen LogP contribution is -2.21. The molecule has 0 atom stereocenters. The van der Waals surface area contributed by atoms with E-state index in [9.17, 15) is 0 Å². The molecule has 0 aliphatic heterocycles. The molecular formula is C50H102. The first-order valence-electron chi connectivity index (χ1n) is 24.7. The molecule has 302 valence electrons. The van der Waals surface area contributed by atoms with Gasteiger partial charge in [-0.15, -0.1) is 0 Å². The molecule has 0 bridgehead atoms. The number of hydrogen-bond donors (Lipinski definition) is 0. The van der Waals surface area contributed by atoms with E-state index in [2.05, 4.69) is 27.7 Å². The summed E-state index contributed by atoms with van der Waals surface area (Å²) in [5.74, 6) is 0. The van der Waals surface area contributed by atoms with Crippen molar-refractivity contribution in [2.75, 3.05) is 0 Å². The van der Waals surface area contributed by atoms with E-state index in [1.807, 2.05) is 0 Å². The molecule has 0 spiro atoms. The summed E-state index contributed by atoms with van der Waals surface area (Å²) in [7, 11) is 0. The first kappa shape index (κ1) is 50.0. The molecule has 0 heteroatoms. The third-order valence-electron chi connectivity index (χ3n) is 12.5. The maximum Gasteiger partial charge on any atom is -0.0297 e. The lowest BCUT2D eigenvalue weighted by molar-refractivity contribution is 0.171. The summed E-state index contributed by atoms with van der Waals surface area (Å²) in [5.41, 5.74) is 0.666. The van der Waals surface area contributed by atoms with Crippen LogP contribution in [-0.2, 0) is 0 Å². The second kappa shape index (κ2) is 43.4. The van der Waals surface area contributed by atoms with Gasteiger partial charge in [0.25, 0.3) is 0 Å². The highest BCUT2D eigenvalue weighted by Crippen LogP contribution is 2.42. The van der Waals surface area contributed by atoms with E-state index < -0.39 is 0 Å². The quantitative estimate of drug-likeness (QED) is 0.0554. The van der Waals surface area contributed by atoms with Crippen molar-refractivity contribution >= 4 is 0 Å². The first-order valence-corrected chi connectivity index (χ1v) is 24.7. The van der Waals surface area contributed by atoms with Gasteiger partial charge in [-0.25, -0.2) is 0 Å². The van der Waals surface area contributed by atoms with Crippen LogP contribution in [0.1, 0.15) is 317 Å². The van der Waals surface area contributed by atoms with Crippen molar-refractivity contribution in [1.82, 2.24) is 0 Å². The van der Waals surface area contributed by atoms with Gasteiger partial charge in [-0.05, 0) is 31.1 Å². The molecular weight excluding hydrogens is 601 g/mol. The summed E-state index contributed by atoms with van der Waals surface area (Å²) in [6, 6.07) is 0. The van der Waals surface area contributed by atoms with E-state index in [4.69, 9.17) is 0 Å². The molecule has 0 amide bonds. The molecule has 0 aliphatic carbocycles. The van der Waals surface area contributed by atoms with Gasteiger partial charge in [0.1, 0.15) is 0 Å². The Kier molecular flexibility index (Phi) is 43.4. The monoisotopic (exact) mass is 703 g/mol. The Bertz CT molecular complexity index is 517. The smallest absolute Gasteiger partial charge is 0.0297 e.